The van der Waals surface area contributed by atoms with Crippen LogP contribution >= 0.6 is 0 Å². The Balaban J connectivity index is 3.19. The Morgan fingerprint density at radius 2 is 2.07 bits per heavy atom. The summed E-state index contributed by atoms with van der Waals surface area (Å²) in [6.07, 6.45) is 1.97. The van der Waals surface area contributed by atoms with Gasteiger partial charge in [0, 0.05) is 0 Å². The average Bonchev–Trinajstić information content (AvgIpc) is 2.16. The number of aromatic carboxylic acids is 1. The van der Waals surface area contributed by atoms with E-state index < -0.39 is 5.97 Å². The molecule has 0 spiro atoms. The van der Waals surface area contributed by atoms with Crippen molar-refractivity contribution in [3.63, 3.8) is 0 Å². The van der Waals surface area contributed by atoms with Gasteiger partial charge in [0.2, 0.25) is 0 Å². The SMILES string of the molecule is COc1cc(C=C(C)C)ccc1C(=O)O. The smallest absolute Gasteiger partial charge is 0.339 e. The van der Waals surface area contributed by atoms with Gasteiger partial charge in [-0.25, -0.2) is 4.79 Å². The van der Waals surface area contributed by atoms with E-state index in [1.54, 1.807) is 18.2 Å². The van der Waals surface area contributed by atoms with Crippen LogP contribution in [0.4, 0.5) is 0 Å². The predicted molar refractivity (Wildman–Crippen MR) is 59.3 cm³/mol. The van der Waals surface area contributed by atoms with Crippen LogP contribution in [0, 0.1) is 0 Å². The number of ether oxygens (including phenoxy) is 1. The minimum atomic E-state index is -0.976. The van der Waals surface area contributed by atoms with Gasteiger partial charge >= 0.3 is 5.97 Å². The number of carbonyl (C=O) groups is 1. The molecule has 0 bridgehead atoms. The van der Waals surface area contributed by atoms with E-state index >= 15 is 0 Å². The van der Waals surface area contributed by atoms with Crippen LogP contribution in [0.2, 0.25) is 0 Å². The third-order valence-electron chi connectivity index (χ3n) is 1.91. The lowest BCUT2D eigenvalue weighted by Crippen LogP contribution is -2.00. The monoisotopic (exact) mass is 206 g/mol. The van der Waals surface area contributed by atoms with E-state index in [0.717, 1.165) is 11.1 Å². The zero-order valence-electron chi connectivity index (χ0n) is 9.07. The van der Waals surface area contributed by atoms with Gasteiger partial charge in [-0.2, -0.15) is 0 Å². The predicted octanol–water partition coefficient (Wildman–Crippen LogP) is 2.82. The highest BCUT2D eigenvalue weighted by Crippen LogP contribution is 2.21. The molecule has 0 atom stereocenters. The van der Waals surface area contributed by atoms with Crippen LogP contribution in [0.3, 0.4) is 0 Å². The zero-order valence-corrected chi connectivity index (χ0v) is 9.07. The number of rotatable bonds is 3. The molecule has 15 heavy (non-hydrogen) atoms. The Bertz CT molecular complexity index is 401. The van der Waals surface area contributed by atoms with Crippen molar-refractivity contribution in [2.75, 3.05) is 7.11 Å². The number of methoxy groups -OCH3 is 1. The van der Waals surface area contributed by atoms with Crippen LogP contribution in [0.25, 0.3) is 6.08 Å². The number of carboxylic acids is 1. The third kappa shape index (κ3) is 2.84. The van der Waals surface area contributed by atoms with Crippen molar-refractivity contribution in [1.29, 1.82) is 0 Å². The third-order valence-corrected chi connectivity index (χ3v) is 1.91. The van der Waals surface area contributed by atoms with Gasteiger partial charge in [-0.05, 0) is 31.5 Å². The summed E-state index contributed by atoms with van der Waals surface area (Å²) >= 11 is 0. The maximum absolute atomic E-state index is 10.8. The molecule has 1 N–H and O–H groups in total. The summed E-state index contributed by atoms with van der Waals surface area (Å²) in [5.41, 5.74) is 2.28. The molecule has 0 unspecified atom stereocenters. The van der Waals surface area contributed by atoms with E-state index in [2.05, 4.69) is 0 Å². The van der Waals surface area contributed by atoms with Crippen LogP contribution in [0.1, 0.15) is 29.8 Å². The lowest BCUT2D eigenvalue weighted by molar-refractivity contribution is 0.0693. The summed E-state index contributed by atoms with van der Waals surface area (Å²) in [5, 5.41) is 8.87. The fraction of sp³-hybridized carbons (Fsp3) is 0.250. The Kier molecular flexibility index (Phi) is 3.50. The molecule has 0 radical (unpaired) electrons. The molecule has 3 nitrogen and oxygen atoms in total. The quantitative estimate of drug-likeness (QED) is 0.827. The maximum atomic E-state index is 10.8. The fourth-order valence-electron chi connectivity index (χ4n) is 1.31. The summed E-state index contributed by atoms with van der Waals surface area (Å²) in [7, 11) is 1.47. The van der Waals surface area contributed by atoms with Gasteiger partial charge in [0.05, 0.1) is 7.11 Å². The molecule has 0 aliphatic heterocycles. The summed E-state index contributed by atoms with van der Waals surface area (Å²) in [6, 6.07) is 5.03. The fourth-order valence-corrected chi connectivity index (χ4v) is 1.31. The number of carboxylic acid groups (broad SMARTS) is 1. The van der Waals surface area contributed by atoms with Crippen molar-refractivity contribution in [1.82, 2.24) is 0 Å². The van der Waals surface area contributed by atoms with Gasteiger partial charge in [-0.1, -0.05) is 17.7 Å². The number of hydrogen-bond donors (Lipinski definition) is 1. The Morgan fingerprint density at radius 1 is 1.40 bits per heavy atom. The standard InChI is InChI=1S/C12H14O3/c1-8(2)6-9-4-5-10(12(13)14)11(7-9)15-3/h4-7H,1-3H3,(H,13,14). The molecule has 0 aliphatic rings. The second-order valence-corrected chi connectivity index (χ2v) is 3.49. The van der Waals surface area contributed by atoms with E-state index in [0.29, 0.717) is 5.75 Å². The average molecular weight is 206 g/mol. The van der Waals surface area contributed by atoms with Gasteiger partial charge in [0.25, 0.3) is 0 Å². The molecule has 1 aromatic rings. The van der Waals surface area contributed by atoms with Crippen molar-refractivity contribution < 1.29 is 14.6 Å². The van der Waals surface area contributed by atoms with Crippen molar-refractivity contribution >= 4 is 12.0 Å². The Hall–Kier alpha value is -1.77. The van der Waals surface area contributed by atoms with Crippen LogP contribution < -0.4 is 4.74 Å². The van der Waals surface area contributed by atoms with Crippen molar-refractivity contribution in [3.8, 4) is 5.75 Å². The molecule has 1 rings (SSSR count). The summed E-state index contributed by atoms with van der Waals surface area (Å²) in [5.74, 6) is -0.590. The van der Waals surface area contributed by atoms with E-state index in [4.69, 9.17) is 9.84 Å². The van der Waals surface area contributed by atoms with Crippen LogP contribution in [-0.2, 0) is 0 Å². The van der Waals surface area contributed by atoms with E-state index in [-0.39, 0.29) is 5.56 Å². The summed E-state index contributed by atoms with van der Waals surface area (Å²) in [6.45, 7) is 3.97. The normalized spacial score (nSPS) is 9.53. The number of benzene rings is 1. The van der Waals surface area contributed by atoms with Crippen LogP contribution in [-0.4, -0.2) is 18.2 Å². The highest BCUT2D eigenvalue weighted by atomic mass is 16.5. The second-order valence-electron chi connectivity index (χ2n) is 3.49. The molecule has 0 saturated heterocycles. The maximum Gasteiger partial charge on any atom is 0.339 e. The van der Waals surface area contributed by atoms with Crippen molar-refractivity contribution in [3.05, 3.63) is 34.9 Å². The van der Waals surface area contributed by atoms with Crippen molar-refractivity contribution in [2.45, 2.75) is 13.8 Å². The molecule has 0 aromatic heterocycles. The second kappa shape index (κ2) is 4.64. The molecule has 80 valence electrons. The first-order valence-electron chi connectivity index (χ1n) is 4.61. The topological polar surface area (TPSA) is 46.5 Å². The molecular weight excluding hydrogens is 192 g/mol. The minimum absolute atomic E-state index is 0.184. The van der Waals surface area contributed by atoms with Gasteiger partial charge in [0.15, 0.2) is 0 Å². The molecule has 0 amide bonds. The minimum Gasteiger partial charge on any atom is -0.496 e. The first-order chi connectivity index (χ1) is 7.04. The Morgan fingerprint density at radius 3 is 2.53 bits per heavy atom. The van der Waals surface area contributed by atoms with Gasteiger partial charge in [-0.15, -0.1) is 0 Å². The summed E-state index contributed by atoms with van der Waals surface area (Å²) < 4.78 is 5.02. The largest absolute Gasteiger partial charge is 0.496 e. The molecule has 0 saturated carbocycles. The highest BCUT2D eigenvalue weighted by Gasteiger charge is 2.10. The van der Waals surface area contributed by atoms with E-state index in [1.807, 2.05) is 19.9 Å². The first-order valence-corrected chi connectivity index (χ1v) is 4.61. The number of allylic oxidation sites excluding steroid dienone is 1. The lowest BCUT2D eigenvalue weighted by atomic mass is 10.1. The first kappa shape index (κ1) is 11.3. The van der Waals surface area contributed by atoms with Crippen LogP contribution in [0.5, 0.6) is 5.75 Å². The lowest BCUT2D eigenvalue weighted by Gasteiger charge is -2.05. The van der Waals surface area contributed by atoms with Gasteiger partial charge < -0.3 is 9.84 Å². The highest BCUT2D eigenvalue weighted by molar-refractivity contribution is 5.91. The Labute approximate surface area is 89.0 Å². The molecule has 3 heteroatoms. The molecule has 1 aromatic carbocycles. The van der Waals surface area contributed by atoms with Crippen molar-refractivity contribution in [2.24, 2.45) is 0 Å². The van der Waals surface area contributed by atoms with Gasteiger partial charge in [0.1, 0.15) is 11.3 Å². The van der Waals surface area contributed by atoms with Gasteiger partial charge in [-0.3, -0.25) is 0 Å². The molecule has 0 fully saturated rings. The molecular formula is C12H14O3. The molecule has 0 heterocycles. The summed E-state index contributed by atoms with van der Waals surface area (Å²) in [4.78, 5) is 10.8. The van der Waals surface area contributed by atoms with E-state index in [1.165, 1.54) is 7.11 Å². The van der Waals surface area contributed by atoms with E-state index in [9.17, 15) is 4.79 Å². The zero-order chi connectivity index (χ0) is 11.4. The van der Waals surface area contributed by atoms with Crippen LogP contribution in [0.15, 0.2) is 23.8 Å². The number of hydrogen-bond acceptors (Lipinski definition) is 2. The molecule has 0 aliphatic carbocycles.